The van der Waals surface area contributed by atoms with Crippen molar-refractivity contribution in [3.63, 3.8) is 0 Å². The molecule has 1 aromatic heterocycles. The zero-order chi connectivity index (χ0) is 15.0. The molecular formula is C16H12Br2ClNS. The van der Waals surface area contributed by atoms with E-state index in [1.54, 1.807) is 11.3 Å². The van der Waals surface area contributed by atoms with E-state index in [1.165, 1.54) is 15.8 Å². The van der Waals surface area contributed by atoms with Crippen molar-refractivity contribution >= 4 is 65.6 Å². The normalized spacial score (nSPS) is 12.8. The van der Waals surface area contributed by atoms with Crippen molar-refractivity contribution in [1.29, 1.82) is 0 Å². The first-order valence-corrected chi connectivity index (χ1v) is 9.19. The highest BCUT2D eigenvalue weighted by molar-refractivity contribution is 9.13. The predicted octanol–water partition coefficient (Wildman–Crippen LogP) is 6.39. The van der Waals surface area contributed by atoms with Gasteiger partial charge in [-0.05, 0) is 62.0 Å². The average Bonchev–Trinajstić information content (AvgIpc) is 2.82. The Labute approximate surface area is 149 Å². The lowest BCUT2D eigenvalue weighted by Gasteiger charge is -2.18. The van der Waals surface area contributed by atoms with Crippen LogP contribution in [0.5, 0.6) is 0 Å². The second kappa shape index (κ2) is 6.39. The maximum Gasteiger partial charge on any atom is 0.0843 e. The maximum absolute atomic E-state index is 6.32. The molecule has 0 radical (unpaired) electrons. The topological polar surface area (TPSA) is 12.0 Å². The SMILES string of the molecule is CNC(c1cc(Br)c(Br)s1)c1ccc(Cl)c2ccccc12. The van der Waals surface area contributed by atoms with Gasteiger partial charge >= 0.3 is 0 Å². The Morgan fingerprint density at radius 2 is 1.81 bits per heavy atom. The minimum Gasteiger partial charge on any atom is -0.309 e. The van der Waals surface area contributed by atoms with Crippen LogP contribution in [0.4, 0.5) is 0 Å². The summed E-state index contributed by atoms with van der Waals surface area (Å²) < 4.78 is 2.19. The summed E-state index contributed by atoms with van der Waals surface area (Å²) >= 11 is 15.2. The lowest BCUT2D eigenvalue weighted by atomic mass is 9.98. The second-order valence-corrected chi connectivity index (χ2v) is 8.34. The Hall–Kier alpha value is -0.390. The molecule has 3 aromatic rings. The van der Waals surface area contributed by atoms with Gasteiger partial charge in [0.2, 0.25) is 0 Å². The van der Waals surface area contributed by atoms with Crippen LogP contribution in [0.2, 0.25) is 5.02 Å². The summed E-state index contributed by atoms with van der Waals surface area (Å²) in [6.45, 7) is 0. The number of thiophene rings is 1. The predicted molar refractivity (Wildman–Crippen MR) is 99.6 cm³/mol. The van der Waals surface area contributed by atoms with Gasteiger partial charge in [0.1, 0.15) is 0 Å². The zero-order valence-corrected chi connectivity index (χ0v) is 15.9. The van der Waals surface area contributed by atoms with Gasteiger partial charge in [-0.2, -0.15) is 0 Å². The van der Waals surface area contributed by atoms with Crippen LogP contribution in [-0.2, 0) is 0 Å². The van der Waals surface area contributed by atoms with Gasteiger partial charge in [-0.25, -0.2) is 0 Å². The summed E-state index contributed by atoms with van der Waals surface area (Å²) in [6, 6.07) is 14.6. The number of fused-ring (bicyclic) bond motifs is 1. The number of hydrogen-bond donors (Lipinski definition) is 1. The molecule has 5 heteroatoms. The van der Waals surface area contributed by atoms with E-state index < -0.39 is 0 Å². The molecule has 0 fully saturated rings. The van der Waals surface area contributed by atoms with E-state index in [0.717, 1.165) is 18.7 Å². The Morgan fingerprint density at radius 3 is 2.43 bits per heavy atom. The Bertz CT molecular complexity index is 781. The van der Waals surface area contributed by atoms with E-state index in [-0.39, 0.29) is 6.04 Å². The highest BCUT2D eigenvalue weighted by atomic mass is 79.9. The van der Waals surface area contributed by atoms with Crippen molar-refractivity contribution in [3.05, 3.63) is 66.2 Å². The van der Waals surface area contributed by atoms with Crippen LogP contribution >= 0.6 is 54.8 Å². The fourth-order valence-corrected chi connectivity index (χ4v) is 4.94. The highest BCUT2D eigenvalue weighted by Crippen LogP contribution is 2.39. The van der Waals surface area contributed by atoms with E-state index in [2.05, 4.69) is 67.5 Å². The summed E-state index contributed by atoms with van der Waals surface area (Å²) in [6.07, 6.45) is 0. The molecule has 1 unspecified atom stereocenters. The van der Waals surface area contributed by atoms with Gasteiger partial charge in [0, 0.05) is 19.8 Å². The average molecular weight is 446 g/mol. The standard InChI is InChI=1S/C16H12Br2ClNS/c1-20-15(14-8-12(17)16(18)21-14)11-6-7-13(19)10-5-3-2-4-9(10)11/h2-8,15,20H,1H3. The smallest absolute Gasteiger partial charge is 0.0843 e. The second-order valence-electron chi connectivity index (χ2n) is 4.67. The fraction of sp³-hybridized carbons (Fsp3) is 0.125. The van der Waals surface area contributed by atoms with Crippen molar-refractivity contribution in [2.45, 2.75) is 6.04 Å². The van der Waals surface area contributed by atoms with Crippen molar-refractivity contribution in [3.8, 4) is 0 Å². The van der Waals surface area contributed by atoms with Crippen LogP contribution < -0.4 is 5.32 Å². The number of rotatable bonds is 3. The molecule has 21 heavy (non-hydrogen) atoms. The molecule has 1 N–H and O–H groups in total. The molecule has 0 aliphatic heterocycles. The molecule has 0 aliphatic rings. The fourth-order valence-electron chi connectivity index (χ4n) is 2.49. The van der Waals surface area contributed by atoms with E-state index in [1.807, 2.05) is 19.2 Å². The molecule has 0 bridgehead atoms. The van der Waals surface area contributed by atoms with E-state index in [4.69, 9.17) is 11.6 Å². The summed E-state index contributed by atoms with van der Waals surface area (Å²) in [7, 11) is 1.98. The number of nitrogens with one attached hydrogen (secondary N) is 1. The van der Waals surface area contributed by atoms with E-state index in [0.29, 0.717) is 0 Å². The van der Waals surface area contributed by atoms with Crippen LogP contribution in [0.15, 0.2) is 50.7 Å². The summed E-state index contributed by atoms with van der Waals surface area (Å²) in [5, 5.41) is 6.48. The first kappa shape index (κ1) is 15.5. The lowest BCUT2D eigenvalue weighted by molar-refractivity contribution is 0.709. The van der Waals surface area contributed by atoms with Crippen LogP contribution in [0.1, 0.15) is 16.5 Å². The monoisotopic (exact) mass is 443 g/mol. The quantitative estimate of drug-likeness (QED) is 0.493. The van der Waals surface area contributed by atoms with Crippen molar-refractivity contribution in [1.82, 2.24) is 5.32 Å². The first-order chi connectivity index (χ1) is 10.1. The molecular weight excluding hydrogens is 434 g/mol. The van der Waals surface area contributed by atoms with Crippen LogP contribution in [0, 0.1) is 0 Å². The molecule has 1 atom stereocenters. The molecule has 1 nitrogen and oxygen atoms in total. The van der Waals surface area contributed by atoms with E-state index in [9.17, 15) is 0 Å². The van der Waals surface area contributed by atoms with Gasteiger partial charge in [-0.15, -0.1) is 11.3 Å². The highest BCUT2D eigenvalue weighted by Gasteiger charge is 2.19. The number of hydrogen-bond acceptors (Lipinski definition) is 2. The minimum atomic E-state index is 0.139. The largest absolute Gasteiger partial charge is 0.309 e. The van der Waals surface area contributed by atoms with Crippen LogP contribution in [-0.4, -0.2) is 7.05 Å². The molecule has 108 valence electrons. The third-order valence-electron chi connectivity index (χ3n) is 3.45. The van der Waals surface area contributed by atoms with Gasteiger partial charge < -0.3 is 5.32 Å². The molecule has 0 saturated heterocycles. The molecule has 0 saturated carbocycles. The molecule has 2 aromatic carbocycles. The summed E-state index contributed by atoms with van der Waals surface area (Å²) in [5.41, 5.74) is 1.23. The van der Waals surface area contributed by atoms with Crippen molar-refractivity contribution in [2.75, 3.05) is 7.05 Å². The van der Waals surface area contributed by atoms with Gasteiger partial charge in [-0.3, -0.25) is 0 Å². The molecule has 1 heterocycles. The Kier molecular flexibility index (Phi) is 4.71. The van der Waals surface area contributed by atoms with Crippen LogP contribution in [0.25, 0.3) is 10.8 Å². The maximum atomic E-state index is 6.32. The van der Waals surface area contributed by atoms with Gasteiger partial charge in [0.15, 0.2) is 0 Å². The number of halogens is 3. The van der Waals surface area contributed by atoms with Gasteiger partial charge in [0.25, 0.3) is 0 Å². The molecule has 3 rings (SSSR count). The van der Waals surface area contributed by atoms with Gasteiger partial charge in [0.05, 0.1) is 9.83 Å². The summed E-state index contributed by atoms with van der Waals surface area (Å²) in [4.78, 5) is 1.25. The number of benzene rings is 2. The van der Waals surface area contributed by atoms with Gasteiger partial charge in [-0.1, -0.05) is 41.9 Å². The summed E-state index contributed by atoms with van der Waals surface area (Å²) in [5.74, 6) is 0. The van der Waals surface area contributed by atoms with Crippen LogP contribution in [0.3, 0.4) is 0 Å². The lowest BCUT2D eigenvalue weighted by Crippen LogP contribution is -2.16. The third kappa shape index (κ3) is 2.92. The zero-order valence-electron chi connectivity index (χ0n) is 11.2. The van der Waals surface area contributed by atoms with Crippen molar-refractivity contribution in [2.24, 2.45) is 0 Å². The first-order valence-electron chi connectivity index (χ1n) is 6.41. The Morgan fingerprint density at radius 1 is 1.10 bits per heavy atom. The molecule has 0 aliphatic carbocycles. The third-order valence-corrected chi connectivity index (χ3v) is 7.10. The molecule has 0 amide bonds. The Balaban J connectivity index is 2.20. The van der Waals surface area contributed by atoms with E-state index >= 15 is 0 Å². The molecule has 0 spiro atoms. The van der Waals surface area contributed by atoms with Crippen molar-refractivity contribution < 1.29 is 0 Å². The minimum absolute atomic E-state index is 0.139.